The molecule has 75 heavy (non-hydrogen) atoms. The third-order valence-electron chi connectivity index (χ3n) is 12.9. The predicted molar refractivity (Wildman–Crippen MR) is 325 cm³/mol. The van der Waals surface area contributed by atoms with Crippen LogP contribution in [0, 0.1) is 0 Å². The third-order valence-corrected chi connectivity index (χ3v) is 12.9. The summed E-state index contributed by atoms with van der Waals surface area (Å²) in [6, 6.07) is 0. The minimum atomic E-state index is -0.801. The second kappa shape index (κ2) is 62.4. The van der Waals surface area contributed by atoms with Crippen LogP contribution >= 0.6 is 0 Å². The molecule has 0 heterocycles. The van der Waals surface area contributed by atoms with Gasteiger partial charge in [0, 0.05) is 19.3 Å². The standard InChI is InChI=1S/C69H114O6/c1-4-7-10-13-16-19-22-25-28-31-32-33-34-35-36-39-41-44-47-50-53-56-59-62-68(71)74-65-66(75-69(72)63-60-57-54-51-48-45-42-38-30-27-24-21-18-15-12-9-6-3)64-73-67(70)61-58-55-52-49-46-43-40-37-29-26-23-20-17-14-11-8-5-2/h7,10,16-21,25-30,32-33,35-36,41,44,66H,4-6,8-9,11-15,22-24,31,34,37-40,42-43,45-65H2,1-3H3/b10-7-,19-16-,20-17-,21-18-,28-25-,29-26-,30-27-,33-32-,36-35-,44-41-. The molecule has 0 fully saturated rings. The van der Waals surface area contributed by atoms with Crippen LogP contribution < -0.4 is 0 Å². The van der Waals surface area contributed by atoms with Crippen LogP contribution in [0.4, 0.5) is 0 Å². The second-order valence-electron chi connectivity index (χ2n) is 20.2. The summed E-state index contributed by atoms with van der Waals surface area (Å²) in [5.74, 6) is -0.934. The maximum atomic E-state index is 12.9. The van der Waals surface area contributed by atoms with Gasteiger partial charge in [0.1, 0.15) is 13.2 Å². The van der Waals surface area contributed by atoms with Crippen LogP contribution in [0.3, 0.4) is 0 Å². The number of carbonyl (C=O) groups excluding carboxylic acids is 3. The Morgan fingerprint density at radius 1 is 0.280 bits per heavy atom. The minimum Gasteiger partial charge on any atom is -0.462 e. The first-order valence-electron chi connectivity index (χ1n) is 31.0. The summed E-state index contributed by atoms with van der Waals surface area (Å²) in [5.41, 5.74) is 0. The molecule has 0 spiro atoms. The molecule has 426 valence electrons. The van der Waals surface area contributed by atoms with E-state index in [1.807, 2.05) is 0 Å². The average molecular weight is 1040 g/mol. The predicted octanol–water partition coefficient (Wildman–Crippen LogP) is 21.2. The monoisotopic (exact) mass is 1040 g/mol. The molecule has 6 nitrogen and oxygen atoms in total. The van der Waals surface area contributed by atoms with Crippen molar-refractivity contribution < 1.29 is 28.6 Å². The molecule has 0 rings (SSSR count). The maximum Gasteiger partial charge on any atom is 0.306 e. The fourth-order valence-corrected chi connectivity index (χ4v) is 8.27. The molecule has 1 atom stereocenters. The maximum absolute atomic E-state index is 12.9. The van der Waals surface area contributed by atoms with Crippen molar-refractivity contribution in [2.45, 2.75) is 284 Å². The van der Waals surface area contributed by atoms with Gasteiger partial charge in [0.2, 0.25) is 0 Å². The van der Waals surface area contributed by atoms with Crippen LogP contribution in [0.15, 0.2) is 122 Å². The van der Waals surface area contributed by atoms with Gasteiger partial charge in [-0.2, -0.15) is 0 Å². The van der Waals surface area contributed by atoms with Gasteiger partial charge >= 0.3 is 17.9 Å². The second-order valence-corrected chi connectivity index (χ2v) is 20.2. The van der Waals surface area contributed by atoms with Gasteiger partial charge in [-0.05, 0) is 135 Å². The van der Waals surface area contributed by atoms with E-state index in [0.717, 1.165) is 135 Å². The Balaban J connectivity index is 4.47. The largest absolute Gasteiger partial charge is 0.462 e. The quantitative estimate of drug-likeness (QED) is 0.0261. The summed E-state index contributed by atoms with van der Waals surface area (Å²) < 4.78 is 16.9. The highest BCUT2D eigenvalue weighted by atomic mass is 16.6. The highest BCUT2D eigenvalue weighted by Crippen LogP contribution is 2.14. The van der Waals surface area contributed by atoms with Gasteiger partial charge in [-0.15, -0.1) is 0 Å². The zero-order valence-electron chi connectivity index (χ0n) is 48.8. The van der Waals surface area contributed by atoms with E-state index < -0.39 is 6.10 Å². The molecule has 0 saturated carbocycles. The fourth-order valence-electron chi connectivity index (χ4n) is 8.27. The lowest BCUT2D eigenvalue weighted by atomic mass is 10.1. The van der Waals surface area contributed by atoms with Crippen LogP contribution in [0.5, 0.6) is 0 Å². The first-order chi connectivity index (χ1) is 37.0. The zero-order valence-corrected chi connectivity index (χ0v) is 48.8. The number of rotatable bonds is 55. The van der Waals surface area contributed by atoms with E-state index in [1.54, 1.807) is 0 Å². The van der Waals surface area contributed by atoms with Crippen LogP contribution in [-0.2, 0) is 28.6 Å². The summed E-state index contributed by atoms with van der Waals surface area (Å²) in [4.78, 5) is 38.3. The number of unbranched alkanes of at least 4 members (excludes halogenated alkanes) is 24. The minimum absolute atomic E-state index is 0.0962. The molecule has 0 N–H and O–H groups in total. The average Bonchev–Trinajstić information content (AvgIpc) is 3.41. The Bertz CT molecular complexity index is 1570. The highest BCUT2D eigenvalue weighted by molar-refractivity contribution is 5.71. The molecule has 6 heteroatoms. The summed E-state index contributed by atoms with van der Waals surface area (Å²) in [6.45, 7) is 6.45. The van der Waals surface area contributed by atoms with E-state index in [-0.39, 0.29) is 31.1 Å². The number of esters is 3. The number of hydrogen-bond acceptors (Lipinski definition) is 6. The molecular formula is C69H114O6. The zero-order chi connectivity index (χ0) is 54.3. The Labute approximate surface area is 462 Å². The van der Waals surface area contributed by atoms with E-state index in [4.69, 9.17) is 14.2 Å². The van der Waals surface area contributed by atoms with Crippen LogP contribution in [0.2, 0.25) is 0 Å². The van der Waals surface area contributed by atoms with Gasteiger partial charge in [0.05, 0.1) is 0 Å². The van der Waals surface area contributed by atoms with Gasteiger partial charge in [0.15, 0.2) is 6.10 Å². The van der Waals surface area contributed by atoms with Gasteiger partial charge in [-0.25, -0.2) is 0 Å². The summed E-state index contributed by atoms with van der Waals surface area (Å²) in [6.07, 6.45) is 86.1. The smallest absolute Gasteiger partial charge is 0.306 e. The lowest BCUT2D eigenvalue weighted by Gasteiger charge is -2.18. The summed E-state index contributed by atoms with van der Waals surface area (Å²) in [5, 5.41) is 0. The molecule has 0 aromatic rings. The summed E-state index contributed by atoms with van der Waals surface area (Å²) >= 11 is 0. The van der Waals surface area contributed by atoms with Crippen molar-refractivity contribution in [1.82, 2.24) is 0 Å². The van der Waals surface area contributed by atoms with Gasteiger partial charge in [-0.3, -0.25) is 14.4 Å². The van der Waals surface area contributed by atoms with Gasteiger partial charge in [-0.1, -0.05) is 245 Å². The van der Waals surface area contributed by atoms with Crippen LogP contribution in [-0.4, -0.2) is 37.2 Å². The van der Waals surface area contributed by atoms with Crippen LogP contribution in [0.1, 0.15) is 278 Å². The molecule has 0 aromatic carbocycles. The SMILES string of the molecule is CC/C=C\C/C=C\C/C=C\C/C=C\C/C=C\C/C=C\CCCCCCC(=O)OCC(COC(=O)CCCCCCCCC/C=C\C/C=C\CCCCC)OC(=O)CCCCCCCCC/C=C\C/C=C\CCCCC. The number of ether oxygens (including phenoxy) is 3. The Morgan fingerprint density at radius 2 is 0.520 bits per heavy atom. The Morgan fingerprint density at radius 3 is 0.813 bits per heavy atom. The molecule has 0 aliphatic rings. The van der Waals surface area contributed by atoms with Crippen molar-refractivity contribution in [3.05, 3.63) is 122 Å². The fraction of sp³-hybridized carbons (Fsp3) is 0.667. The van der Waals surface area contributed by atoms with Gasteiger partial charge < -0.3 is 14.2 Å². The van der Waals surface area contributed by atoms with Crippen molar-refractivity contribution in [2.24, 2.45) is 0 Å². The molecule has 0 bridgehead atoms. The third kappa shape index (κ3) is 60.6. The topological polar surface area (TPSA) is 78.9 Å². The lowest BCUT2D eigenvalue weighted by Crippen LogP contribution is -2.30. The molecule has 0 amide bonds. The molecule has 1 unspecified atom stereocenters. The van der Waals surface area contributed by atoms with Crippen molar-refractivity contribution >= 4 is 17.9 Å². The highest BCUT2D eigenvalue weighted by Gasteiger charge is 2.19. The van der Waals surface area contributed by atoms with E-state index in [2.05, 4.69) is 142 Å². The van der Waals surface area contributed by atoms with Crippen LogP contribution in [0.25, 0.3) is 0 Å². The van der Waals surface area contributed by atoms with E-state index in [1.165, 1.54) is 103 Å². The normalized spacial score (nSPS) is 12.9. The Kier molecular flexibility index (Phi) is 58.9. The molecule has 0 radical (unpaired) electrons. The number of allylic oxidation sites excluding steroid dienone is 20. The summed E-state index contributed by atoms with van der Waals surface area (Å²) in [7, 11) is 0. The van der Waals surface area contributed by atoms with E-state index in [0.29, 0.717) is 19.3 Å². The first-order valence-corrected chi connectivity index (χ1v) is 31.0. The molecule has 0 aromatic heterocycles. The van der Waals surface area contributed by atoms with Crippen molar-refractivity contribution in [3.63, 3.8) is 0 Å². The van der Waals surface area contributed by atoms with Crippen molar-refractivity contribution in [2.75, 3.05) is 13.2 Å². The number of hydrogen-bond donors (Lipinski definition) is 0. The molecular weight excluding hydrogens is 925 g/mol. The number of carbonyl (C=O) groups is 3. The van der Waals surface area contributed by atoms with Gasteiger partial charge in [0.25, 0.3) is 0 Å². The molecule has 0 saturated heterocycles. The Hall–Kier alpha value is -4.19. The van der Waals surface area contributed by atoms with E-state index in [9.17, 15) is 14.4 Å². The molecule has 0 aliphatic carbocycles. The van der Waals surface area contributed by atoms with E-state index >= 15 is 0 Å². The first kappa shape index (κ1) is 70.8. The lowest BCUT2D eigenvalue weighted by molar-refractivity contribution is -0.167. The molecule has 0 aliphatic heterocycles. The van der Waals surface area contributed by atoms with Crippen molar-refractivity contribution in [1.29, 1.82) is 0 Å². The van der Waals surface area contributed by atoms with Crippen molar-refractivity contribution in [3.8, 4) is 0 Å².